The summed E-state index contributed by atoms with van der Waals surface area (Å²) in [5.74, 6) is 1.90. The van der Waals surface area contributed by atoms with Crippen LogP contribution in [-0.4, -0.2) is 78.1 Å². The van der Waals surface area contributed by atoms with Gasteiger partial charge in [-0.15, -0.1) is 0 Å². The third-order valence-corrected chi connectivity index (χ3v) is 6.73. The van der Waals surface area contributed by atoms with E-state index in [1.807, 2.05) is 48.4 Å². The molecule has 9 nitrogen and oxygen atoms in total. The molecule has 5 rings (SSSR count). The van der Waals surface area contributed by atoms with Crippen LogP contribution in [0.5, 0.6) is 11.5 Å². The third kappa shape index (κ3) is 4.29. The number of benzene rings is 2. The van der Waals surface area contributed by atoms with Gasteiger partial charge in [-0.1, -0.05) is 12.1 Å². The van der Waals surface area contributed by atoms with Gasteiger partial charge in [0.15, 0.2) is 11.5 Å². The lowest BCUT2D eigenvalue weighted by atomic mass is 10.0. The van der Waals surface area contributed by atoms with Gasteiger partial charge in [0.2, 0.25) is 17.8 Å². The van der Waals surface area contributed by atoms with Gasteiger partial charge in [-0.3, -0.25) is 9.59 Å². The highest BCUT2D eigenvalue weighted by atomic mass is 16.5. The van der Waals surface area contributed by atoms with Crippen LogP contribution in [-0.2, 0) is 23.1 Å². The summed E-state index contributed by atoms with van der Waals surface area (Å²) in [5, 5.41) is 0. The molecular weight excluding hydrogens is 446 g/mol. The van der Waals surface area contributed by atoms with Crippen LogP contribution in [0.4, 0.5) is 5.95 Å². The predicted octanol–water partition coefficient (Wildman–Crippen LogP) is 2.29. The summed E-state index contributed by atoms with van der Waals surface area (Å²) in [6, 6.07) is 11.7. The van der Waals surface area contributed by atoms with Crippen LogP contribution in [0.1, 0.15) is 11.1 Å². The highest BCUT2D eigenvalue weighted by Crippen LogP contribution is 2.32. The van der Waals surface area contributed by atoms with Gasteiger partial charge in [0.25, 0.3) is 0 Å². The molecule has 2 aliphatic rings. The fourth-order valence-corrected chi connectivity index (χ4v) is 4.72. The Morgan fingerprint density at radius 1 is 1.03 bits per heavy atom. The summed E-state index contributed by atoms with van der Waals surface area (Å²) in [4.78, 5) is 36.3. The molecule has 0 aliphatic carbocycles. The van der Waals surface area contributed by atoms with Crippen LogP contribution in [0.2, 0.25) is 0 Å². The van der Waals surface area contributed by atoms with E-state index in [4.69, 9.17) is 14.5 Å². The van der Waals surface area contributed by atoms with Crippen LogP contribution >= 0.6 is 0 Å². The summed E-state index contributed by atoms with van der Waals surface area (Å²) in [6.45, 7) is 2.57. The van der Waals surface area contributed by atoms with Crippen molar-refractivity contribution < 1.29 is 19.1 Å². The molecule has 1 aromatic heterocycles. The average molecular weight is 476 g/mol. The number of fused-ring (bicyclic) bond motifs is 2. The number of amides is 2. The van der Waals surface area contributed by atoms with Crippen molar-refractivity contribution in [2.45, 2.75) is 6.42 Å². The second-order valence-electron chi connectivity index (χ2n) is 8.75. The second kappa shape index (κ2) is 9.32. The molecule has 2 aromatic carbocycles. The lowest BCUT2D eigenvalue weighted by Crippen LogP contribution is -2.51. The zero-order valence-corrected chi connectivity index (χ0v) is 20.2. The highest BCUT2D eigenvalue weighted by molar-refractivity contribution is 5.89. The van der Waals surface area contributed by atoms with Gasteiger partial charge < -0.3 is 28.7 Å². The molecule has 3 heterocycles. The van der Waals surface area contributed by atoms with E-state index in [1.165, 1.54) is 4.90 Å². The molecule has 182 valence electrons. The Kier molecular flexibility index (Phi) is 6.07. The number of rotatable bonds is 5. The Labute approximate surface area is 204 Å². The lowest BCUT2D eigenvalue weighted by Gasteiger charge is -2.36. The van der Waals surface area contributed by atoms with E-state index < -0.39 is 0 Å². The van der Waals surface area contributed by atoms with E-state index in [9.17, 15) is 9.59 Å². The fraction of sp³-hybridized carbons (Fsp3) is 0.346. The molecule has 0 bridgehead atoms. The van der Waals surface area contributed by atoms with Gasteiger partial charge in [0.05, 0.1) is 31.7 Å². The molecule has 35 heavy (non-hydrogen) atoms. The Morgan fingerprint density at radius 2 is 1.74 bits per heavy atom. The minimum atomic E-state index is -0.126. The van der Waals surface area contributed by atoms with Crippen molar-refractivity contribution >= 4 is 34.9 Å². The maximum absolute atomic E-state index is 13.1. The maximum Gasteiger partial charge on any atom is 0.242 e. The topological polar surface area (TPSA) is 80.1 Å². The number of nitrogens with zero attached hydrogens (tertiary/aromatic N) is 5. The van der Waals surface area contributed by atoms with Crippen molar-refractivity contribution in [1.29, 1.82) is 0 Å². The smallest absolute Gasteiger partial charge is 0.242 e. The number of carbonyl (C=O) groups excluding carboxylic acids is 2. The van der Waals surface area contributed by atoms with Crippen LogP contribution < -0.4 is 14.4 Å². The van der Waals surface area contributed by atoms with Gasteiger partial charge in [-0.05, 0) is 41.5 Å². The van der Waals surface area contributed by atoms with Crippen molar-refractivity contribution in [2.75, 3.05) is 51.8 Å². The minimum Gasteiger partial charge on any atom is -0.493 e. The van der Waals surface area contributed by atoms with Gasteiger partial charge in [-0.25, -0.2) is 4.98 Å². The van der Waals surface area contributed by atoms with E-state index in [1.54, 1.807) is 20.4 Å². The normalized spacial score (nSPS) is 15.9. The first-order valence-corrected chi connectivity index (χ1v) is 11.6. The molecule has 0 atom stereocenters. The number of anilines is 1. The highest BCUT2D eigenvalue weighted by Gasteiger charge is 2.27. The molecule has 0 N–H and O–H groups in total. The molecule has 3 aromatic rings. The molecule has 0 radical (unpaired) electrons. The summed E-state index contributed by atoms with van der Waals surface area (Å²) >= 11 is 0. The van der Waals surface area contributed by atoms with Crippen LogP contribution in [0, 0.1) is 0 Å². The van der Waals surface area contributed by atoms with E-state index >= 15 is 0 Å². The van der Waals surface area contributed by atoms with Crippen molar-refractivity contribution in [1.82, 2.24) is 19.4 Å². The van der Waals surface area contributed by atoms with E-state index in [-0.39, 0.29) is 24.8 Å². The zero-order chi connectivity index (χ0) is 24.5. The number of carbonyl (C=O) groups is 2. The third-order valence-electron chi connectivity index (χ3n) is 6.73. The van der Waals surface area contributed by atoms with Gasteiger partial charge >= 0.3 is 0 Å². The van der Waals surface area contributed by atoms with Crippen LogP contribution in [0.3, 0.4) is 0 Å². The predicted molar refractivity (Wildman–Crippen MR) is 134 cm³/mol. The number of para-hydroxylation sites is 2. The zero-order valence-electron chi connectivity index (χ0n) is 20.2. The number of aryl methyl sites for hydroxylation is 1. The van der Waals surface area contributed by atoms with Gasteiger partial charge in [0, 0.05) is 39.4 Å². The number of piperazine rings is 1. The van der Waals surface area contributed by atoms with Crippen molar-refractivity contribution in [3.63, 3.8) is 0 Å². The number of methoxy groups -OCH3 is 2. The first-order valence-electron chi connectivity index (χ1n) is 11.6. The molecular formula is C26H29N5O4. The first-order chi connectivity index (χ1) is 17.0. The Bertz CT molecular complexity index is 1310. The largest absolute Gasteiger partial charge is 0.493 e. The minimum absolute atomic E-state index is 0.0177. The summed E-state index contributed by atoms with van der Waals surface area (Å²) in [5.41, 5.74) is 3.77. The molecule has 1 fully saturated rings. The Morgan fingerprint density at radius 3 is 2.46 bits per heavy atom. The quantitative estimate of drug-likeness (QED) is 0.564. The molecule has 2 amide bonds. The van der Waals surface area contributed by atoms with E-state index in [0.717, 1.165) is 28.1 Å². The van der Waals surface area contributed by atoms with Gasteiger partial charge in [0.1, 0.15) is 6.54 Å². The average Bonchev–Trinajstić information content (AvgIpc) is 3.14. The Hall–Kier alpha value is -4.01. The summed E-state index contributed by atoms with van der Waals surface area (Å²) in [6.07, 6.45) is 3.73. The number of imidazole rings is 1. The van der Waals surface area contributed by atoms with E-state index in [0.29, 0.717) is 37.7 Å². The molecule has 1 saturated heterocycles. The van der Waals surface area contributed by atoms with Crippen LogP contribution in [0.25, 0.3) is 17.1 Å². The molecule has 0 unspecified atom stereocenters. The van der Waals surface area contributed by atoms with E-state index in [2.05, 4.69) is 15.5 Å². The van der Waals surface area contributed by atoms with Crippen molar-refractivity contribution in [3.05, 3.63) is 53.7 Å². The first kappa shape index (κ1) is 22.8. The Balaban J connectivity index is 1.23. The number of aromatic nitrogens is 2. The maximum atomic E-state index is 13.1. The number of hydrogen-bond donors (Lipinski definition) is 0. The second-order valence-corrected chi connectivity index (χ2v) is 8.75. The lowest BCUT2D eigenvalue weighted by molar-refractivity contribution is -0.138. The molecule has 0 saturated carbocycles. The molecule has 2 aliphatic heterocycles. The number of ether oxygens (including phenoxy) is 2. The molecule has 0 spiro atoms. The summed E-state index contributed by atoms with van der Waals surface area (Å²) < 4.78 is 12.8. The molecule has 9 heteroatoms. The van der Waals surface area contributed by atoms with Crippen LogP contribution in [0.15, 0.2) is 42.6 Å². The van der Waals surface area contributed by atoms with Crippen molar-refractivity contribution in [2.24, 2.45) is 7.05 Å². The monoisotopic (exact) mass is 475 g/mol. The fourth-order valence-electron chi connectivity index (χ4n) is 4.72. The number of hydrogen-bond acceptors (Lipinski definition) is 6. The van der Waals surface area contributed by atoms with Gasteiger partial charge in [-0.2, -0.15) is 0 Å². The van der Waals surface area contributed by atoms with Crippen molar-refractivity contribution in [3.8, 4) is 11.5 Å². The standard InChI is InChI=1S/C26H29N5O4/c1-28-21-7-5-4-6-20(21)27-26(28)30-12-10-29(11-13-30)25(33)17-31-9-8-18-14-22(34-2)23(35-3)15-19(18)16-24(31)32/h4-9,14-15H,10-13,16-17H2,1-3H3. The summed E-state index contributed by atoms with van der Waals surface area (Å²) in [7, 11) is 5.17. The SMILES string of the molecule is COc1cc2c(cc1OC)CC(=O)N(CC(=O)N1CCN(c3nc4ccccc4n3C)CC1)C=C2.